The lowest BCUT2D eigenvalue weighted by molar-refractivity contribution is 0.404. The van der Waals surface area contributed by atoms with E-state index >= 15 is 0 Å². The van der Waals surface area contributed by atoms with Crippen molar-refractivity contribution in [3.05, 3.63) is 46.8 Å². The van der Waals surface area contributed by atoms with Crippen LogP contribution in [-0.4, -0.2) is 23.6 Å². The molecule has 4 aromatic rings. The van der Waals surface area contributed by atoms with Crippen LogP contribution in [-0.2, 0) is 6.42 Å². The fourth-order valence-electron chi connectivity index (χ4n) is 2.97. The number of imidazole rings is 1. The lowest BCUT2D eigenvalue weighted by Crippen LogP contribution is -1.96. The van der Waals surface area contributed by atoms with Gasteiger partial charge < -0.3 is 9.47 Å². The number of benzene rings is 1. The molecule has 0 spiro atoms. The first-order chi connectivity index (χ1) is 12.8. The molecule has 4 rings (SSSR count). The predicted molar refractivity (Wildman–Crippen MR) is 104 cm³/mol. The highest BCUT2D eigenvalue weighted by Crippen LogP contribution is 2.39. The first kappa shape index (κ1) is 16.6. The zero-order valence-electron chi connectivity index (χ0n) is 14.2. The van der Waals surface area contributed by atoms with E-state index < -0.39 is 0 Å². The van der Waals surface area contributed by atoms with Gasteiger partial charge in [-0.05, 0) is 29.6 Å². The Balaban J connectivity index is 2.00. The summed E-state index contributed by atoms with van der Waals surface area (Å²) in [5.74, 6) is 1.42. The standard InChI is InChI=1S/C19H15N3O2S2/c1-23-12-5-6-16(24-2)13(10-12)18-14(7-8-20)22-15(11-26-19(22)21-18)17-4-3-9-25-17/h3-6,9-11H,7H2,1-2H3. The van der Waals surface area contributed by atoms with E-state index in [1.807, 2.05) is 29.6 Å². The predicted octanol–water partition coefficient (Wildman–Crippen LogP) is 4.87. The van der Waals surface area contributed by atoms with Crippen LogP contribution in [0.5, 0.6) is 11.5 Å². The number of thiazole rings is 1. The van der Waals surface area contributed by atoms with Crippen LogP contribution in [0.4, 0.5) is 0 Å². The summed E-state index contributed by atoms with van der Waals surface area (Å²) in [6.45, 7) is 0. The van der Waals surface area contributed by atoms with E-state index in [-0.39, 0.29) is 6.42 Å². The fraction of sp³-hybridized carbons (Fsp3) is 0.158. The van der Waals surface area contributed by atoms with Gasteiger partial charge in [-0.1, -0.05) is 6.07 Å². The van der Waals surface area contributed by atoms with Crippen LogP contribution < -0.4 is 9.47 Å². The van der Waals surface area contributed by atoms with E-state index in [4.69, 9.17) is 14.5 Å². The molecule has 3 aromatic heterocycles. The van der Waals surface area contributed by atoms with Gasteiger partial charge in [0.1, 0.15) is 11.5 Å². The Hall–Kier alpha value is -2.82. The third-order valence-corrected chi connectivity index (χ3v) is 5.86. The summed E-state index contributed by atoms with van der Waals surface area (Å²) in [6, 6.07) is 12.0. The summed E-state index contributed by atoms with van der Waals surface area (Å²) in [7, 11) is 3.26. The van der Waals surface area contributed by atoms with E-state index in [9.17, 15) is 5.26 Å². The lowest BCUT2D eigenvalue weighted by atomic mass is 10.1. The number of methoxy groups -OCH3 is 2. The molecular weight excluding hydrogens is 366 g/mol. The summed E-state index contributed by atoms with van der Waals surface area (Å²) in [5, 5.41) is 13.5. The van der Waals surface area contributed by atoms with Gasteiger partial charge in [-0.15, -0.1) is 22.7 Å². The summed E-state index contributed by atoms with van der Waals surface area (Å²) in [5.41, 5.74) is 3.50. The zero-order chi connectivity index (χ0) is 18.1. The summed E-state index contributed by atoms with van der Waals surface area (Å²) in [6.07, 6.45) is 0.256. The van der Waals surface area contributed by atoms with Crippen molar-refractivity contribution in [2.45, 2.75) is 6.42 Å². The van der Waals surface area contributed by atoms with Crippen LogP contribution in [0.25, 0.3) is 26.8 Å². The van der Waals surface area contributed by atoms with Gasteiger partial charge in [0.05, 0.1) is 48.7 Å². The molecule has 1 aromatic carbocycles. The second-order valence-electron chi connectivity index (χ2n) is 5.52. The molecule has 0 fully saturated rings. The highest BCUT2D eigenvalue weighted by Gasteiger charge is 2.21. The maximum atomic E-state index is 9.41. The molecule has 0 unspecified atom stereocenters. The average molecular weight is 381 g/mol. The van der Waals surface area contributed by atoms with Gasteiger partial charge >= 0.3 is 0 Å². The maximum Gasteiger partial charge on any atom is 0.195 e. The first-order valence-electron chi connectivity index (χ1n) is 7.89. The number of thiophene rings is 1. The van der Waals surface area contributed by atoms with Gasteiger partial charge in [0.2, 0.25) is 0 Å². The number of rotatable bonds is 5. The molecule has 0 bridgehead atoms. The summed E-state index contributed by atoms with van der Waals surface area (Å²) >= 11 is 3.24. The fourth-order valence-corrected chi connectivity index (χ4v) is 4.68. The lowest BCUT2D eigenvalue weighted by Gasteiger charge is -2.10. The molecule has 0 saturated carbocycles. The first-order valence-corrected chi connectivity index (χ1v) is 9.64. The normalized spacial score (nSPS) is 10.8. The number of fused-ring (bicyclic) bond motifs is 1. The van der Waals surface area contributed by atoms with Gasteiger partial charge in [-0.25, -0.2) is 4.98 Å². The Morgan fingerprint density at radius 2 is 2.08 bits per heavy atom. The number of ether oxygens (including phenoxy) is 2. The van der Waals surface area contributed by atoms with E-state index in [0.717, 1.165) is 38.2 Å². The van der Waals surface area contributed by atoms with Crippen molar-refractivity contribution in [1.29, 1.82) is 5.26 Å². The molecular formula is C19H15N3O2S2. The zero-order valence-corrected chi connectivity index (χ0v) is 15.9. The molecule has 0 saturated heterocycles. The molecule has 0 aliphatic carbocycles. The van der Waals surface area contributed by atoms with Crippen molar-refractivity contribution < 1.29 is 9.47 Å². The van der Waals surface area contributed by atoms with Crippen molar-refractivity contribution >= 4 is 27.6 Å². The minimum absolute atomic E-state index is 0.256. The molecule has 7 heteroatoms. The number of aromatic nitrogens is 2. The van der Waals surface area contributed by atoms with Crippen LogP contribution in [0, 0.1) is 11.3 Å². The summed E-state index contributed by atoms with van der Waals surface area (Å²) in [4.78, 5) is 6.83. The van der Waals surface area contributed by atoms with Gasteiger partial charge in [0.25, 0.3) is 0 Å². The second kappa shape index (κ2) is 6.83. The summed E-state index contributed by atoms with van der Waals surface area (Å²) < 4.78 is 13.0. The molecule has 0 atom stereocenters. The molecule has 0 radical (unpaired) electrons. The molecule has 0 N–H and O–H groups in total. The van der Waals surface area contributed by atoms with Gasteiger partial charge in [-0.2, -0.15) is 5.26 Å². The van der Waals surface area contributed by atoms with Crippen LogP contribution >= 0.6 is 22.7 Å². The molecule has 26 heavy (non-hydrogen) atoms. The van der Waals surface area contributed by atoms with Gasteiger partial charge in [-0.3, -0.25) is 4.40 Å². The maximum absolute atomic E-state index is 9.41. The minimum atomic E-state index is 0.256. The smallest absolute Gasteiger partial charge is 0.195 e. The molecule has 0 amide bonds. The molecule has 0 aliphatic rings. The van der Waals surface area contributed by atoms with E-state index in [1.165, 1.54) is 0 Å². The Morgan fingerprint density at radius 1 is 1.19 bits per heavy atom. The quantitative estimate of drug-likeness (QED) is 0.495. The number of hydrogen-bond acceptors (Lipinski definition) is 6. The third kappa shape index (κ3) is 2.64. The van der Waals surface area contributed by atoms with Crippen LogP contribution in [0.2, 0.25) is 0 Å². The largest absolute Gasteiger partial charge is 0.497 e. The van der Waals surface area contributed by atoms with E-state index in [0.29, 0.717) is 5.75 Å². The van der Waals surface area contributed by atoms with E-state index in [1.54, 1.807) is 36.9 Å². The number of nitrogens with zero attached hydrogens (tertiary/aromatic N) is 3. The Bertz CT molecular complexity index is 1100. The molecule has 3 heterocycles. The van der Waals surface area contributed by atoms with Crippen molar-refractivity contribution in [2.75, 3.05) is 14.2 Å². The number of nitriles is 1. The minimum Gasteiger partial charge on any atom is -0.497 e. The third-order valence-electron chi connectivity index (χ3n) is 4.14. The molecule has 130 valence electrons. The number of hydrogen-bond donors (Lipinski definition) is 0. The Kier molecular flexibility index (Phi) is 4.37. The topological polar surface area (TPSA) is 59.6 Å². The second-order valence-corrected chi connectivity index (χ2v) is 7.31. The SMILES string of the molecule is COc1ccc(OC)c(-c2nc3scc(-c4cccs4)n3c2CC#N)c1. The Labute approximate surface area is 158 Å². The van der Waals surface area contributed by atoms with Crippen LogP contribution in [0.15, 0.2) is 41.1 Å². The van der Waals surface area contributed by atoms with Crippen molar-refractivity contribution in [2.24, 2.45) is 0 Å². The van der Waals surface area contributed by atoms with Crippen LogP contribution in [0.1, 0.15) is 5.69 Å². The van der Waals surface area contributed by atoms with Crippen molar-refractivity contribution in [3.8, 4) is 39.4 Å². The molecule has 5 nitrogen and oxygen atoms in total. The average Bonchev–Trinajstić information content (AvgIpc) is 3.39. The van der Waals surface area contributed by atoms with Crippen LogP contribution in [0.3, 0.4) is 0 Å². The van der Waals surface area contributed by atoms with Crippen molar-refractivity contribution in [3.63, 3.8) is 0 Å². The highest BCUT2D eigenvalue weighted by molar-refractivity contribution is 7.17. The monoisotopic (exact) mass is 381 g/mol. The van der Waals surface area contributed by atoms with Crippen molar-refractivity contribution in [1.82, 2.24) is 9.38 Å². The van der Waals surface area contributed by atoms with Gasteiger partial charge in [0.15, 0.2) is 4.96 Å². The highest BCUT2D eigenvalue weighted by atomic mass is 32.1. The Morgan fingerprint density at radius 3 is 2.77 bits per heavy atom. The van der Waals surface area contributed by atoms with Gasteiger partial charge in [0, 0.05) is 10.9 Å². The van der Waals surface area contributed by atoms with E-state index in [2.05, 4.69) is 21.9 Å². The molecule has 0 aliphatic heterocycles.